The van der Waals surface area contributed by atoms with Crippen LogP contribution in [0.25, 0.3) is 0 Å². The zero-order valence-corrected chi connectivity index (χ0v) is 9.33. The SMILES string of the molecule is O=S1(=O)NCCCC[C@@H]1c1ccccc1. The molecule has 1 N–H and O–H groups in total. The highest BCUT2D eigenvalue weighted by Crippen LogP contribution is 2.28. The van der Waals surface area contributed by atoms with Crippen molar-refractivity contribution < 1.29 is 8.42 Å². The third-order valence-electron chi connectivity index (χ3n) is 2.74. The third kappa shape index (κ3) is 2.38. The predicted octanol–water partition coefficient (Wildman–Crippen LogP) is 1.83. The van der Waals surface area contributed by atoms with Crippen LogP contribution in [-0.4, -0.2) is 15.0 Å². The van der Waals surface area contributed by atoms with Crippen LogP contribution in [0.1, 0.15) is 30.1 Å². The summed E-state index contributed by atoms with van der Waals surface area (Å²) < 4.78 is 26.4. The minimum Gasteiger partial charge on any atom is -0.215 e. The van der Waals surface area contributed by atoms with Crippen LogP contribution in [0.3, 0.4) is 0 Å². The van der Waals surface area contributed by atoms with Crippen LogP contribution in [0.4, 0.5) is 0 Å². The van der Waals surface area contributed by atoms with E-state index in [1.165, 1.54) is 0 Å². The fourth-order valence-electron chi connectivity index (χ4n) is 1.94. The molecule has 0 aliphatic carbocycles. The quantitative estimate of drug-likeness (QED) is 0.792. The van der Waals surface area contributed by atoms with Crippen molar-refractivity contribution in [3.63, 3.8) is 0 Å². The minimum atomic E-state index is -3.16. The van der Waals surface area contributed by atoms with E-state index in [2.05, 4.69) is 4.72 Å². The van der Waals surface area contributed by atoms with Gasteiger partial charge in [0, 0.05) is 6.54 Å². The monoisotopic (exact) mass is 225 g/mol. The average molecular weight is 225 g/mol. The van der Waals surface area contributed by atoms with E-state index in [1.54, 1.807) is 0 Å². The Kier molecular flexibility index (Phi) is 3.07. The molecule has 1 atom stereocenters. The van der Waals surface area contributed by atoms with Gasteiger partial charge in [-0.25, -0.2) is 13.1 Å². The first-order valence-electron chi connectivity index (χ1n) is 5.23. The first-order chi connectivity index (χ1) is 7.20. The Morgan fingerprint density at radius 1 is 1.13 bits per heavy atom. The van der Waals surface area contributed by atoms with Crippen molar-refractivity contribution in [2.75, 3.05) is 6.54 Å². The van der Waals surface area contributed by atoms with Gasteiger partial charge in [-0.2, -0.15) is 0 Å². The third-order valence-corrected chi connectivity index (χ3v) is 4.61. The van der Waals surface area contributed by atoms with E-state index in [-0.39, 0.29) is 5.25 Å². The van der Waals surface area contributed by atoms with Crippen LogP contribution >= 0.6 is 0 Å². The topological polar surface area (TPSA) is 46.2 Å². The molecule has 0 saturated carbocycles. The van der Waals surface area contributed by atoms with E-state index < -0.39 is 10.0 Å². The van der Waals surface area contributed by atoms with Gasteiger partial charge in [0.05, 0.1) is 0 Å². The molecule has 0 aromatic heterocycles. The van der Waals surface area contributed by atoms with Gasteiger partial charge in [0.2, 0.25) is 10.0 Å². The van der Waals surface area contributed by atoms with Gasteiger partial charge in [0.25, 0.3) is 0 Å². The van der Waals surface area contributed by atoms with E-state index in [0.29, 0.717) is 6.54 Å². The summed E-state index contributed by atoms with van der Waals surface area (Å²) in [5.74, 6) is 0. The van der Waals surface area contributed by atoms with Crippen LogP contribution in [0.5, 0.6) is 0 Å². The molecular formula is C11H15NO2S. The highest BCUT2D eigenvalue weighted by molar-refractivity contribution is 7.89. The molecule has 1 heterocycles. The Hall–Kier alpha value is -0.870. The summed E-state index contributed by atoms with van der Waals surface area (Å²) in [5, 5.41) is -0.374. The number of benzene rings is 1. The molecule has 1 fully saturated rings. The maximum atomic E-state index is 11.9. The second kappa shape index (κ2) is 4.33. The first-order valence-corrected chi connectivity index (χ1v) is 6.78. The molecule has 2 rings (SSSR count). The van der Waals surface area contributed by atoms with Crippen molar-refractivity contribution >= 4 is 10.0 Å². The van der Waals surface area contributed by atoms with Gasteiger partial charge >= 0.3 is 0 Å². The molecule has 1 saturated heterocycles. The van der Waals surface area contributed by atoms with Gasteiger partial charge in [-0.1, -0.05) is 36.8 Å². The van der Waals surface area contributed by atoms with Crippen LogP contribution < -0.4 is 4.72 Å². The van der Waals surface area contributed by atoms with E-state index >= 15 is 0 Å². The van der Waals surface area contributed by atoms with Crippen LogP contribution in [0.15, 0.2) is 30.3 Å². The number of nitrogens with one attached hydrogen (secondary N) is 1. The molecule has 0 amide bonds. The molecule has 15 heavy (non-hydrogen) atoms. The van der Waals surface area contributed by atoms with Gasteiger partial charge in [-0.05, 0) is 18.4 Å². The summed E-state index contributed by atoms with van der Waals surface area (Å²) in [6.07, 6.45) is 2.62. The predicted molar refractivity (Wildman–Crippen MR) is 60.0 cm³/mol. The first kappa shape index (κ1) is 10.6. The molecule has 1 aliphatic rings. The second-order valence-electron chi connectivity index (χ2n) is 3.83. The highest BCUT2D eigenvalue weighted by atomic mass is 32.2. The summed E-state index contributed by atoms with van der Waals surface area (Å²) in [6, 6.07) is 9.44. The standard InChI is InChI=1S/C11H15NO2S/c13-15(14)11(8-4-5-9-12-15)10-6-2-1-3-7-10/h1-3,6-7,11-12H,4-5,8-9H2/t11-/m1/s1. The van der Waals surface area contributed by atoms with E-state index in [1.807, 2.05) is 30.3 Å². The molecule has 4 heteroatoms. The lowest BCUT2D eigenvalue weighted by molar-refractivity contribution is 0.571. The Labute approximate surface area is 90.6 Å². The van der Waals surface area contributed by atoms with Crippen molar-refractivity contribution in [2.24, 2.45) is 0 Å². The number of sulfonamides is 1. The van der Waals surface area contributed by atoms with Crippen molar-refractivity contribution in [3.05, 3.63) is 35.9 Å². The van der Waals surface area contributed by atoms with E-state index in [9.17, 15) is 8.42 Å². The van der Waals surface area contributed by atoms with E-state index in [4.69, 9.17) is 0 Å². The maximum Gasteiger partial charge on any atom is 0.218 e. The second-order valence-corrected chi connectivity index (χ2v) is 5.78. The van der Waals surface area contributed by atoms with Gasteiger partial charge in [-0.3, -0.25) is 0 Å². The van der Waals surface area contributed by atoms with Gasteiger partial charge in [0.1, 0.15) is 5.25 Å². The number of rotatable bonds is 1. The molecule has 0 radical (unpaired) electrons. The van der Waals surface area contributed by atoms with Crippen molar-refractivity contribution in [1.29, 1.82) is 0 Å². The Balaban J connectivity index is 2.34. The summed E-state index contributed by atoms with van der Waals surface area (Å²) >= 11 is 0. The molecule has 0 bridgehead atoms. The Morgan fingerprint density at radius 3 is 2.60 bits per heavy atom. The molecular weight excluding hydrogens is 210 g/mol. The van der Waals surface area contributed by atoms with E-state index in [0.717, 1.165) is 24.8 Å². The lowest BCUT2D eigenvalue weighted by atomic mass is 10.1. The zero-order chi connectivity index (χ0) is 10.7. The Morgan fingerprint density at radius 2 is 1.87 bits per heavy atom. The smallest absolute Gasteiger partial charge is 0.215 e. The summed E-state index contributed by atoms with van der Waals surface area (Å²) in [6.45, 7) is 0.575. The molecule has 1 aromatic carbocycles. The van der Waals surface area contributed by atoms with Crippen LogP contribution in [0, 0.1) is 0 Å². The van der Waals surface area contributed by atoms with Gasteiger partial charge in [0.15, 0.2) is 0 Å². The zero-order valence-electron chi connectivity index (χ0n) is 8.52. The number of hydrogen-bond donors (Lipinski definition) is 1. The number of hydrogen-bond acceptors (Lipinski definition) is 2. The normalized spacial score (nSPS) is 25.7. The molecule has 82 valence electrons. The molecule has 3 nitrogen and oxygen atoms in total. The lowest BCUT2D eigenvalue weighted by Gasteiger charge is -2.14. The molecule has 1 aliphatic heterocycles. The minimum absolute atomic E-state index is 0.374. The molecule has 0 unspecified atom stereocenters. The molecule has 0 spiro atoms. The van der Waals surface area contributed by atoms with Crippen molar-refractivity contribution in [3.8, 4) is 0 Å². The maximum absolute atomic E-state index is 11.9. The average Bonchev–Trinajstić information content (AvgIpc) is 2.40. The summed E-state index contributed by atoms with van der Waals surface area (Å²) in [4.78, 5) is 0. The largest absolute Gasteiger partial charge is 0.218 e. The Bertz CT molecular complexity index is 413. The fraction of sp³-hybridized carbons (Fsp3) is 0.455. The lowest BCUT2D eigenvalue weighted by Crippen LogP contribution is -2.27. The van der Waals surface area contributed by atoms with Crippen molar-refractivity contribution in [1.82, 2.24) is 4.72 Å². The van der Waals surface area contributed by atoms with Crippen molar-refractivity contribution in [2.45, 2.75) is 24.5 Å². The van der Waals surface area contributed by atoms with Crippen LogP contribution in [-0.2, 0) is 10.0 Å². The fourth-order valence-corrected chi connectivity index (χ4v) is 3.56. The van der Waals surface area contributed by atoms with Crippen LogP contribution in [0.2, 0.25) is 0 Å². The van der Waals surface area contributed by atoms with Gasteiger partial charge in [-0.15, -0.1) is 0 Å². The molecule has 1 aromatic rings. The highest BCUT2D eigenvalue weighted by Gasteiger charge is 2.28. The van der Waals surface area contributed by atoms with Gasteiger partial charge < -0.3 is 0 Å². The summed E-state index contributed by atoms with van der Waals surface area (Å²) in [5.41, 5.74) is 0.895. The summed E-state index contributed by atoms with van der Waals surface area (Å²) in [7, 11) is -3.16.